The van der Waals surface area contributed by atoms with Crippen LogP contribution < -0.4 is 11.3 Å². The van der Waals surface area contributed by atoms with E-state index in [1.165, 1.54) is 12.1 Å². The van der Waals surface area contributed by atoms with Gasteiger partial charge in [0.25, 0.3) is 0 Å². The van der Waals surface area contributed by atoms with Crippen LogP contribution in [0, 0.1) is 25.5 Å². The molecule has 0 radical (unpaired) electrons. The Hall–Kier alpha value is -1.78. The predicted molar refractivity (Wildman–Crippen MR) is 76.0 cm³/mol. The summed E-state index contributed by atoms with van der Waals surface area (Å²) in [6.07, 6.45) is 0.571. The largest absolute Gasteiger partial charge is 0.271 e. The van der Waals surface area contributed by atoms with E-state index in [0.717, 1.165) is 22.8 Å². The molecular weight excluding hydrogens is 258 g/mol. The Bertz CT molecular complexity index is 571. The van der Waals surface area contributed by atoms with E-state index in [-0.39, 0.29) is 6.04 Å². The van der Waals surface area contributed by atoms with Gasteiger partial charge in [-0.05, 0) is 43.5 Å². The van der Waals surface area contributed by atoms with E-state index in [2.05, 4.69) is 11.5 Å². The minimum absolute atomic E-state index is 0.332. The first-order chi connectivity index (χ1) is 9.47. The SMILES string of the molecule is Cc1cc(C)cc(CC(NN)c2cc(F)cc(F)c2)c1. The molecule has 0 fully saturated rings. The van der Waals surface area contributed by atoms with E-state index in [9.17, 15) is 8.78 Å². The summed E-state index contributed by atoms with van der Waals surface area (Å²) in [5.41, 5.74) is 6.52. The van der Waals surface area contributed by atoms with Crippen LogP contribution in [0.1, 0.15) is 28.3 Å². The molecule has 0 aliphatic heterocycles. The van der Waals surface area contributed by atoms with Gasteiger partial charge in [0.05, 0.1) is 6.04 Å². The van der Waals surface area contributed by atoms with Gasteiger partial charge in [-0.2, -0.15) is 0 Å². The van der Waals surface area contributed by atoms with Gasteiger partial charge in [0, 0.05) is 6.07 Å². The lowest BCUT2D eigenvalue weighted by atomic mass is 9.97. The van der Waals surface area contributed by atoms with Crippen molar-refractivity contribution in [2.24, 2.45) is 5.84 Å². The van der Waals surface area contributed by atoms with Crippen LogP contribution in [-0.4, -0.2) is 0 Å². The lowest BCUT2D eigenvalue weighted by Crippen LogP contribution is -2.29. The molecule has 1 atom stereocenters. The molecule has 0 saturated heterocycles. The Morgan fingerprint density at radius 2 is 1.50 bits per heavy atom. The number of aryl methyl sites for hydroxylation is 2. The van der Waals surface area contributed by atoms with Crippen LogP contribution in [0.15, 0.2) is 36.4 Å². The molecule has 2 aromatic carbocycles. The van der Waals surface area contributed by atoms with Gasteiger partial charge in [-0.1, -0.05) is 29.3 Å². The quantitative estimate of drug-likeness (QED) is 0.664. The molecule has 106 valence electrons. The zero-order valence-electron chi connectivity index (χ0n) is 11.6. The number of nitrogens with two attached hydrogens (primary N) is 1. The molecule has 0 spiro atoms. The van der Waals surface area contributed by atoms with Crippen LogP contribution in [0.2, 0.25) is 0 Å². The summed E-state index contributed by atoms with van der Waals surface area (Å²) in [6.45, 7) is 4.03. The molecule has 20 heavy (non-hydrogen) atoms. The number of halogens is 2. The third-order valence-electron chi connectivity index (χ3n) is 3.21. The Morgan fingerprint density at radius 1 is 0.950 bits per heavy atom. The number of nitrogens with one attached hydrogen (secondary N) is 1. The summed E-state index contributed by atoms with van der Waals surface area (Å²) in [5.74, 6) is 4.34. The Labute approximate surface area is 117 Å². The highest BCUT2D eigenvalue weighted by Gasteiger charge is 2.13. The van der Waals surface area contributed by atoms with E-state index in [1.54, 1.807) is 0 Å². The number of hydrogen-bond acceptors (Lipinski definition) is 2. The maximum atomic E-state index is 13.3. The average Bonchev–Trinajstić information content (AvgIpc) is 2.33. The van der Waals surface area contributed by atoms with Crippen LogP contribution in [-0.2, 0) is 6.42 Å². The average molecular weight is 276 g/mol. The summed E-state index contributed by atoms with van der Waals surface area (Å²) < 4.78 is 26.6. The van der Waals surface area contributed by atoms with Gasteiger partial charge in [0.1, 0.15) is 11.6 Å². The summed E-state index contributed by atoms with van der Waals surface area (Å²) in [7, 11) is 0. The lowest BCUT2D eigenvalue weighted by Gasteiger charge is -2.17. The van der Waals surface area contributed by atoms with E-state index in [1.807, 2.05) is 26.0 Å². The Morgan fingerprint density at radius 3 is 2.00 bits per heavy atom. The van der Waals surface area contributed by atoms with Gasteiger partial charge >= 0.3 is 0 Å². The highest BCUT2D eigenvalue weighted by Crippen LogP contribution is 2.21. The molecule has 0 aromatic heterocycles. The minimum Gasteiger partial charge on any atom is -0.271 e. The number of rotatable bonds is 4. The molecule has 0 bridgehead atoms. The molecule has 4 heteroatoms. The molecule has 0 aliphatic carbocycles. The third kappa shape index (κ3) is 3.62. The third-order valence-corrected chi connectivity index (χ3v) is 3.21. The van der Waals surface area contributed by atoms with E-state index in [0.29, 0.717) is 12.0 Å². The van der Waals surface area contributed by atoms with Crippen LogP contribution in [0.5, 0.6) is 0 Å². The summed E-state index contributed by atoms with van der Waals surface area (Å²) in [4.78, 5) is 0. The first kappa shape index (κ1) is 14.6. The second-order valence-corrected chi connectivity index (χ2v) is 5.12. The van der Waals surface area contributed by atoms with Gasteiger partial charge in [-0.3, -0.25) is 11.3 Å². The molecule has 0 aliphatic rings. The zero-order chi connectivity index (χ0) is 14.7. The lowest BCUT2D eigenvalue weighted by molar-refractivity contribution is 0.530. The van der Waals surface area contributed by atoms with Crippen LogP contribution in [0.3, 0.4) is 0 Å². The van der Waals surface area contributed by atoms with E-state index < -0.39 is 11.6 Å². The summed E-state index contributed by atoms with van der Waals surface area (Å²) in [5, 5.41) is 0. The molecule has 3 N–H and O–H groups in total. The highest BCUT2D eigenvalue weighted by atomic mass is 19.1. The second kappa shape index (κ2) is 6.11. The molecule has 2 aromatic rings. The van der Waals surface area contributed by atoms with Crippen molar-refractivity contribution in [3.05, 3.63) is 70.3 Å². The van der Waals surface area contributed by atoms with E-state index >= 15 is 0 Å². The van der Waals surface area contributed by atoms with Crippen molar-refractivity contribution in [3.8, 4) is 0 Å². The van der Waals surface area contributed by atoms with Crippen LogP contribution in [0.4, 0.5) is 8.78 Å². The predicted octanol–water partition coefficient (Wildman–Crippen LogP) is 3.33. The van der Waals surface area contributed by atoms with Crippen molar-refractivity contribution in [3.63, 3.8) is 0 Å². The number of benzene rings is 2. The fourth-order valence-electron chi connectivity index (χ4n) is 2.47. The molecule has 1 unspecified atom stereocenters. The maximum Gasteiger partial charge on any atom is 0.126 e. The van der Waals surface area contributed by atoms with Crippen molar-refractivity contribution in [2.75, 3.05) is 0 Å². The zero-order valence-corrected chi connectivity index (χ0v) is 11.6. The van der Waals surface area contributed by atoms with Gasteiger partial charge in [-0.15, -0.1) is 0 Å². The fraction of sp³-hybridized carbons (Fsp3) is 0.250. The molecule has 0 saturated carbocycles. The fourth-order valence-corrected chi connectivity index (χ4v) is 2.47. The molecular formula is C16H18F2N2. The van der Waals surface area contributed by atoms with Crippen molar-refractivity contribution in [1.29, 1.82) is 0 Å². The van der Waals surface area contributed by atoms with Crippen molar-refractivity contribution in [2.45, 2.75) is 26.3 Å². The van der Waals surface area contributed by atoms with Crippen molar-refractivity contribution < 1.29 is 8.78 Å². The summed E-state index contributed by atoms with van der Waals surface area (Å²) in [6, 6.07) is 9.30. The second-order valence-electron chi connectivity index (χ2n) is 5.12. The Kier molecular flexibility index (Phi) is 4.47. The smallest absolute Gasteiger partial charge is 0.126 e. The first-order valence-corrected chi connectivity index (χ1v) is 6.47. The molecule has 0 heterocycles. The topological polar surface area (TPSA) is 38.0 Å². The van der Waals surface area contributed by atoms with Gasteiger partial charge < -0.3 is 0 Å². The van der Waals surface area contributed by atoms with Crippen molar-refractivity contribution in [1.82, 2.24) is 5.43 Å². The van der Waals surface area contributed by atoms with Gasteiger partial charge in [-0.25, -0.2) is 8.78 Å². The van der Waals surface area contributed by atoms with Crippen LogP contribution >= 0.6 is 0 Å². The molecule has 2 nitrogen and oxygen atoms in total. The minimum atomic E-state index is -0.597. The van der Waals surface area contributed by atoms with E-state index in [4.69, 9.17) is 5.84 Å². The highest BCUT2D eigenvalue weighted by molar-refractivity contribution is 5.31. The standard InChI is InChI=1S/C16H18F2N2/c1-10-3-11(2)5-12(4-10)6-16(20-19)13-7-14(17)9-15(18)8-13/h3-5,7-9,16,20H,6,19H2,1-2H3. The summed E-state index contributed by atoms with van der Waals surface area (Å²) >= 11 is 0. The molecule has 2 rings (SSSR count). The molecule has 0 amide bonds. The number of hydrazine groups is 1. The van der Waals surface area contributed by atoms with Crippen LogP contribution in [0.25, 0.3) is 0 Å². The first-order valence-electron chi connectivity index (χ1n) is 6.47. The van der Waals surface area contributed by atoms with Gasteiger partial charge in [0.2, 0.25) is 0 Å². The monoisotopic (exact) mass is 276 g/mol. The number of hydrogen-bond donors (Lipinski definition) is 2. The Balaban J connectivity index is 2.28. The normalized spacial score (nSPS) is 12.4. The van der Waals surface area contributed by atoms with Gasteiger partial charge in [0.15, 0.2) is 0 Å². The van der Waals surface area contributed by atoms with Crippen molar-refractivity contribution >= 4 is 0 Å². The maximum absolute atomic E-state index is 13.3.